The van der Waals surface area contributed by atoms with Crippen molar-refractivity contribution in [1.29, 1.82) is 0 Å². The molecular weight excluding hydrogens is 390 g/mol. The quantitative estimate of drug-likeness (QED) is 0.495. The molecule has 0 atom stereocenters. The Hall–Kier alpha value is -3.68. The maximum Gasteiger partial charge on any atom is 0.245 e. The number of rotatable bonds is 6. The van der Waals surface area contributed by atoms with Crippen molar-refractivity contribution in [2.45, 2.75) is 32.6 Å². The van der Waals surface area contributed by atoms with Crippen LogP contribution >= 0.6 is 0 Å². The average Bonchev–Trinajstić information content (AvgIpc) is 3.41. The van der Waals surface area contributed by atoms with Crippen molar-refractivity contribution in [3.05, 3.63) is 54.6 Å². The van der Waals surface area contributed by atoms with E-state index in [1.165, 1.54) is 18.4 Å². The first-order valence-corrected chi connectivity index (χ1v) is 10.7. The molecule has 31 heavy (non-hydrogen) atoms. The van der Waals surface area contributed by atoms with E-state index in [9.17, 15) is 0 Å². The number of fused-ring (bicyclic) bond motifs is 1. The standard InChI is InChI=1S/C23H25N7O/c1-3-31-21-13-17(22-27-25-15-29(22)2)9-11-19(21)26-23-24-14-18-10-12-20(30(18)28-23)16-7-5-4-6-8-16/h7,9-15H,3-6,8H2,1-2H3,(H,26,28). The van der Waals surface area contributed by atoms with Crippen LogP contribution in [0.1, 0.15) is 38.3 Å². The highest BCUT2D eigenvalue weighted by molar-refractivity contribution is 5.71. The Morgan fingerprint density at radius 2 is 2.10 bits per heavy atom. The summed E-state index contributed by atoms with van der Waals surface area (Å²) in [5.41, 5.74) is 5.22. The van der Waals surface area contributed by atoms with Gasteiger partial charge in [-0.25, -0.2) is 9.50 Å². The highest BCUT2D eigenvalue weighted by Crippen LogP contribution is 2.32. The maximum atomic E-state index is 5.89. The number of allylic oxidation sites excluding steroid dienone is 2. The van der Waals surface area contributed by atoms with Gasteiger partial charge in [-0.15, -0.1) is 15.3 Å². The first-order valence-electron chi connectivity index (χ1n) is 10.7. The fourth-order valence-corrected chi connectivity index (χ4v) is 3.98. The van der Waals surface area contributed by atoms with Gasteiger partial charge in [0, 0.05) is 12.6 Å². The Labute approximate surface area is 180 Å². The van der Waals surface area contributed by atoms with Gasteiger partial charge in [-0.05, 0) is 68.5 Å². The lowest BCUT2D eigenvalue weighted by Crippen LogP contribution is -2.06. The van der Waals surface area contributed by atoms with Gasteiger partial charge in [0.2, 0.25) is 5.95 Å². The maximum absolute atomic E-state index is 5.89. The van der Waals surface area contributed by atoms with Crippen LogP contribution < -0.4 is 10.1 Å². The fraction of sp³-hybridized carbons (Fsp3) is 0.304. The molecule has 1 aromatic carbocycles. The number of nitrogens with one attached hydrogen (secondary N) is 1. The molecule has 0 aliphatic heterocycles. The molecule has 0 amide bonds. The van der Waals surface area contributed by atoms with E-state index < -0.39 is 0 Å². The van der Waals surface area contributed by atoms with Gasteiger partial charge in [-0.2, -0.15) is 0 Å². The minimum atomic E-state index is 0.522. The summed E-state index contributed by atoms with van der Waals surface area (Å²) in [7, 11) is 1.92. The van der Waals surface area contributed by atoms with Crippen LogP contribution in [0.3, 0.4) is 0 Å². The normalized spacial score (nSPS) is 13.9. The Balaban J connectivity index is 1.48. The second kappa shape index (κ2) is 8.22. The zero-order valence-corrected chi connectivity index (χ0v) is 17.7. The number of hydrogen-bond acceptors (Lipinski definition) is 6. The number of hydrogen-bond donors (Lipinski definition) is 1. The molecule has 0 saturated carbocycles. The predicted molar refractivity (Wildman–Crippen MR) is 120 cm³/mol. The SMILES string of the molecule is CCOc1cc(-c2nncn2C)ccc1Nc1ncc2ccc(C3=CCCCC3)n2n1. The van der Waals surface area contributed by atoms with Crippen molar-refractivity contribution in [3.8, 4) is 17.1 Å². The summed E-state index contributed by atoms with van der Waals surface area (Å²) in [6.45, 7) is 2.51. The van der Waals surface area contributed by atoms with Crippen LogP contribution in [-0.2, 0) is 7.05 Å². The molecule has 1 aliphatic rings. The predicted octanol–water partition coefficient (Wildman–Crippen LogP) is 4.62. The molecule has 3 heterocycles. The minimum absolute atomic E-state index is 0.522. The molecule has 0 saturated heterocycles. The molecule has 0 fully saturated rings. The molecule has 0 unspecified atom stereocenters. The van der Waals surface area contributed by atoms with Crippen LogP contribution in [0.2, 0.25) is 0 Å². The van der Waals surface area contributed by atoms with E-state index >= 15 is 0 Å². The summed E-state index contributed by atoms with van der Waals surface area (Å²) in [5, 5.41) is 16.2. The highest BCUT2D eigenvalue weighted by Gasteiger charge is 2.14. The Bertz CT molecular complexity index is 1250. The first kappa shape index (κ1) is 19.3. The average molecular weight is 416 g/mol. The zero-order chi connectivity index (χ0) is 21.2. The first-order chi connectivity index (χ1) is 15.2. The summed E-state index contributed by atoms with van der Waals surface area (Å²) < 4.78 is 9.74. The van der Waals surface area contributed by atoms with E-state index in [-0.39, 0.29) is 0 Å². The van der Waals surface area contributed by atoms with Crippen LogP contribution in [0.25, 0.3) is 22.5 Å². The lowest BCUT2D eigenvalue weighted by atomic mass is 9.97. The van der Waals surface area contributed by atoms with Crippen molar-refractivity contribution in [2.24, 2.45) is 7.05 Å². The van der Waals surface area contributed by atoms with Gasteiger partial charge in [0.1, 0.15) is 12.1 Å². The molecule has 158 valence electrons. The highest BCUT2D eigenvalue weighted by atomic mass is 16.5. The number of ether oxygens (including phenoxy) is 1. The summed E-state index contributed by atoms with van der Waals surface area (Å²) in [5.74, 6) is 2.02. The number of aromatic nitrogens is 6. The van der Waals surface area contributed by atoms with E-state index in [2.05, 4.69) is 38.7 Å². The number of aryl methyl sites for hydroxylation is 1. The van der Waals surface area contributed by atoms with E-state index in [1.807, 2.05) is 47.4 Å². The monoisotopic (exact) mass is 415 g/mol. The fourth-order valence-electron chi connectivity index (χ4n) is 3.98. The molecule has 1 N–H and O–H groups in total. The van der Waals surface area contributed by atoms with Gasteiger partial charge in [-0.1, -0.05) is 6.08 Å². The van der Waals surface area contributed by atoms with E-state index in [0.29, 0.717) is 12.6 Å². The second-order valence-corrected chi connectivity index (χ2v) is 7.65. The van der Waals surface area contributed by atoms with Crippen LogP contribution in [0, 0.1) is 0 Å². The van der Waals surface area contributed by atoms with Crippen LogP contribution in [-0.4, -0.2) is 36.0 Å². The van der Waals surface area contributed by atoms with Crippen molar-refractivity contribution >= 4 is 22.7 Å². The van der Waals surface area contributed by atoms with E-state index in [1.54, 1.807) is 6.33 Å². The molecule has 1 aliphatic carbocycles. The minimum Gasteiger partial charge on any atom is -0.492 e. The van der Waals surface area contributed by atoms with Crippen LogP contribution in [0.5, 0.6) is 5.75 Å². The third kappa shape index (κ3) is 3.76. The van der Waals surface area contributed by atoms with Crippen LogP contribution in [0.4, 0.5) is 11.6 Å². The molecule has 4 aromatic rings. The molecule has 0 bridgehead atoms. The lowest BCUT2D eigenvalue weighted by Gasteiger charge is -2.14. The summed E-state index contributed by atoms with van der Waals surface area (Å²) in [6, 6.07) is 10.1. The lowest BCUT2D eigenvalue weighted by molar-refractivity contribution is 0.342. The van der Waals surface area contributed by atoms with Crippen LogP contribution in [0.15, 0.2) is 48.9 Å². The zero-order valence-electron chi connectivity index (χ0n) is 17.7. The molecule has 0 radical (unpaired) electrons. The molecule has 0 spiro atoms. The van der Waals surface area contributed by atoms with Crippen molar-refractivity contribution in [1.82, 2.24) is 29.4 Å². The summed E-state index contributed by atoms with van der Waals surface area (Å²) in [4.78, 5) is 4.50. The number of benzene rings is 1. The number of nitrogens with zero attached hydrogens (tertiary/aromatic N) is 6. The molecule has 5 rings (SSSR count). The largest absolute Gasteiger partial charge is 0.492 e. The molecular formula is C23H25N7O. The van der Waals surface area contributed by atoms with Gasteiger partial charge in [0.25, 0.3) is 0 Å². The molecule has 8 nitrogen and oxygen atoms in total. The van der Waals surface area contributed by atoms with Crippen molar-refractivity contribution in [2.75, 3.05) is 11.9 Å². The summed E-state index contributed by atoms with van der Waals surface area (Å²) in [6.07, 6.45) is 10.6. The molecule has 3 aromatic heterocycles. The van der Waals surface area contributed by atoms with Gasteiger partial charge >= 0.3 is 0 Å². The van der Waals surface area contributed by atoms with Crippen molar-refractivity contribution in [3.63, 3.8) is 0 Å². The smallest absolute Gasteiger partial charge is 0.245 e. The van der Waals surface area contributed by atoms with E-state index in [0.717, 1.165) is 46.9 Å². The summed E-state index contributed by atoms with van der Waals surface area (Å²) >= 11 is 0. The second-order valence-electron chi connectivity index (χ2n) is 7.65. The van der Waals surface area contributed by atoms with Gasteiger partial charge in [0.15, 0.2) is 5.82 Å². The van der Waals surface area contributed by atoms with E-state index in [4.69, 9.17) is 9.84 Å². The Morgan fingerprint density at radius 3 is 2.87 bits per heavy atom. The number of anilines is 2. The van der Waals surface area contributed by atoms with Gasteiger partial charge in [0.05, 0.1) is 29.7 Å². The van der Waals surface area contributed by atoms with Gasteiger partial charge in [-0.3, -0.25) is 0 Å². The topological polar surface area (TPSA) is 82.2 Å². The third-order valence-electron chi connectivity index (χ3n) is 5.52. The van der Waals surface area contributed by atoms with Crippen molar-refractivity contribution < 1.29 is 4.74 Å². The third-order valence-corrected chi connectivity index (χ3v) is 5.52. The Morgan fingerprint density at radius 1 is 1.16 bits per heavy atom. The van der Waals surface area contributed by atoms with Gasteiger partial charge < -0.3 is 14.6 Å². The Kier molecular flexibility index (Phi) is 5.11. The molecule has 8 heteroatoms.